The van der Waals surface area contributed by atoms with Gasteiger partial charge < -0.3 is 14.5 Å². The molecule has 2 N–H and O–H groups in total. The summed E-state index contributed by atoms with van der Waals surface area (Å²) in [4.78, 5) is 0. The zero-order valence-electron chi connectivity index (χ0n) is 13.0. The largest absolute Gasteiger partial charge is 0.543 e. The molecule has 0 aliphatic heterocycles. The lowest BCUT2D eigenvalue weighted by atomic mass is 9.74. The van der Waals surface area contributed by atoms with Crippen LogP contribution in [0.25, 0.3) is 0 Å². The van der Waals surface area contributed by atoms with Crippen molar-refractivity contribution in [3.63, 3.8) is 0 Å². The molecule has 0 amide bonds. The van der Waals surface area contributed by atoms with Gasteiger partial charge in [0.1, 0.15) is 5.75 Å². The van der Waals surface area contributed by atoms with Gasteiger partial charge in [0, 0.05) is 0 Å². The molecule has 0 saturated carbocycles. The van der Waals surface area contributed by atoms with Gasteiger partial charge in [-0.15, -0.1) is 0 Å². The Morgan fingerprint density at radius 2 is 1.47 bits per heavy atom. The minimum Gasteiger partial charge on any atom is -0.543 e. The zero-order chi connectivity index (χ0) is 15.0. The minimum absolute atomic E-state index is 0.143. The predicted molar refractivity (Wildman–Crippen MR) is 83.6 cm³/mol. The van der Waals surface area contributed by atoms with Crippen molar-refractivity contribution in [3.8, 4) is 5.75 Å². The molecule has 0 aliphatic carbocycles. The van der Waals surface area contributed by atoms with Crippen LogP contribution in [0.2, 0.25) is 18.1 Å². The van der Waals surface area contributed by atoms with E-state index in [1.807, 2.05) is 26.0 Å². The molecule has 0 bridgehead atoms. The number of aryl methyl sites for hydroxylation is 2. The molecule has 1 rings (SSSR count). The van der Waals surface area contributed by atoms with E-state index in [0.29, 0.717) is 5.46 Å². The molecule has 0 aliphatic rings. The molecule has 0 saturated heterocycles. The van der Waals surface area contributed by atoms with Crippen LogP contribution in [0, 0.1) is 13.8 Å². The van der Waals surface area contributed by atoms with Gasteiger partial charge in [0.15, 0.2) is 0 Å². The third-order valence-corrected chi connectivity index (χ3v) is 8.36. The molecule has 106 valence electrons. The monoisotopic (exact) mass is 280 g/mol. The summed E-state index contributed by atoms with van der Waals surface area (Å²) in [6, 6.07) is 3.78. The number of hydrogen-bond acceptors (Lipinski definition) is 3. The van der Waals surface area contributed by atoms with E-state index in [2.05, 4.69) is 33.9 Å². The standard InChI is InChI=1S/C14H25BO3Si/c1-10-8-12(9-11(2)13(10)15(16)17)18-19(6,7)14(3,4)5/h8-9,16-17H,1-7H3. The van der Waals surface area contributed by atoms with Gasteiger partial charge in [-0.3, -0.25) is 0 Å². The molecular formula is C14H25BO3Si. The van der Waals surface area contributed by atoms with Crippen LogP contribution in [0.15, 0.2) is 12.1 Å². The van der Waals surface area contributed by atoms with Crippen LogP contribution in [0.4, 0.5) is 0 Å². The Balaban J connectivity index is 3.12. The van der Waals surface area contributed by atoms with Gasteiger partial charge in [-0.05, 0) is 60.7 Å². The lowest BCUT2D eigenvalue weighted by Gasteiger charge is -2.36. The van der Waals surface area contributed by atoms with Gasteiger partial charge in [0.25, 0.3) is 0 Å². The maximum absolute atomic E-state index is 9.36. The van der Waals surface area contributed by atoms with Crippen molar-refractivity contribution in [2.75, 3.05) is 0 Å². The fourth-order valence-electron chi connectivity index (χ4n) is 1.85. The van der Waals surface area contributed by atoms with Crippen LogP contribution in [0.1, 0.15) is 31.9 Å². The average molecular weight is 280 g/mol. The molecule has 0 heterocycles. The highest BCUT2D eigenvalue weighted by Gasteiger charge is 2.39. The maximum atomic E-state index is 9.36. The molecule has 0 unspecified atom stereocenters. The van der Waals surface area contributed by atoms with E-state index < -0.39 is 15.4 Å². The topological polar surface area (TPSA) is 49.7 Å². The normalized spacial score (nSPS) is 12.5. The second-order valence-electron chi connectivity index (χ2n) is 6.71. The van der Waals surface area contributed by atoms with E-state index in [1.165, 1.54) is 0 Å². The second-order valence-corrected chi connectivity index (χ2v) is 11.4. The summed E-state index contributed by atoms with van der Waals surface area (Å²) in [5.74, 6) is 0.825. The number of rotatable bonds is 3. The first kappa shape index (κ1) is 16.3. The van der Waals surface area contributed by atoms with Crippen LogP contribution < -0.4 is 9.89 Å². The van der Waals surface area contributed by atoms with Crippen molar-refractivity contribution in [1.82, 2.24) is 0 Å². The first-order chi connectivity index (χ1) is 8.45. The quantitative estimate of drug-likeness (QED) is 0.836. The minimum atomic E-state index is -1.86. The maximum Gasteiger partial charge on any atom is 0.488 e. The highest BCUT2D eigenvalue weighted by molar-refractivity contribution is 6.74. The third-order valence-electron chi connectivity index (χ3n) is 4.00. The van der Waals surface area contributed by atoms with E-state index >= 15 is 0 Å². The Bertz CT molecular complexity index is 441. The molecule has 1 aromatic rings. The van der Waals surface area contributed by atoms with E-state index in [1.54, 1.807) is 0 Å². The Hall–Kier alpha value is -0.778. The van der Waals surface area contributed by atoms with Gasteiger partial charge in [0.2, 0.25) is 8.32 Å². The number of hydrogen-bond donors (Lipinski definition) is 2. The van der Waals surface area contributed by atoms with Crippen molar-refractivity contribution in [3.05, 3.63) is 23.3 Å². The Kier molecular flexibility index (Phi) is 4.55. The molecule has 19 heavy (non-hydrogen) atoms. The van der Waals surface area contributed by atoms with Crippen LogP contribution in [-0.2, 0) is 0 Å². The van der Waals surface area contributed by atoms with Crippen LogP contribution in [-0.4, -0.2) is 25.5 Å². The first-order valence-corrected chi connectivity index (χ1v) is 9.53. The highest BCUT2D eigenvalue weighted by Crippen LogP contribution is 2.37. The van der Waals surface area contributed by atoms with Crippen molar-refractivity contribution < 1.29 is 14.5 Å². The lowest BCUT2D eigenvalue weighted by molar-refractivity contribution is 0.425. The summed E-state index contributed by atoms with van der Waals surface area (Å²) in [6.45, 7) is 14.7. The van der Waals surface area contributed by atoms with Gasteiger partial charge >= 0.3 is 7.12 Å². The fraction of sp³-hybridized carbons (Fsp3) is 0.571. The van der Waals surface area contributed by atoms with E-state index in [-0.39, 0.29) is 5.04 Å². The summed E-state index contributed by atoms with van der Waals surface area (Å²) in [7, 11) is -3.29. The van der Waals surface area contributed by atoms with Crippen molar-refractivity contribution in [2.45, 2.75) is 52.8 Å². The van der Waals surface area contributed by atoms with Gasteiger partial charge in [-0.2, -0.15) is 0 Å². The van der Waals surface area contributed by atoms with E-state index in [4.69, 9.17) is 4.43 Å². The van der Waals surface area contributed by atoms with Gasteiger partial charge in [-0.25, -0.2) is 0 Å². The van der Waals surface area contributed by atoms with Crippen molar-refractivity contribution >= 4 is 20.9 Å². The summed E-state index contributed by atoms with van der Waals surface area (Å²) in [5, 5.41) is 18.9. The fourth-order valence-corrected chi connectivity index (χ4v) is 2.86. The molecule has 0 aromatic heterocycles. The predicted octanol–water partition coefficient (Wildman–Crippen LogP) is 2.37. The first-order valence-electron chi connectivity index (χ1n) is 6.62. The summed E-state index contributed by atoms with van der Waals surface area (Å²) >= 11 is 0. The van der Waals surface area contributed by atoms with Crippen molar-refractivity contribution in [2.24, 2.45) is 0 Å². The van der Waals surface area contributed by atoms with Crippen LogP contribution in [0.5, 0.6) is 5.75 Å². The van der Waals surface area contributed by atoms with E-state index in [0.717, 1.165) is 16.9 Å². The molecule has 0 fully saturated rings. The van der Waals surface area contributed by atoms with Crippen LogP contribution in [0.3, 0.4) is 0 Å². The second kappa shape index (κ2) is 5.31. The Morgan fingerprint density at radius 3 is 1.79 bits per heavy atom. The average Bonchev–Trinajstić information content (AvgIpc) is 2.12. The molecule has 0 radical (unpaired) electrons. The summed E-state index contributed by atoms with van der Waals surface area (Å²) in [6.07, 6.45) is 0. The lowest BCUT2D eigenvalue weighted by Crippen LogP contribution is -2.44. The number of benzene rings is 1. The molecule has 3 nitrogen and oxygen atoms in total. The Morgan fingerprint density at radius 1 is 1.05 bits per heavy atom. The zero-order valence-corrected chi connectivity index (χ0v) is 14.0. The van der Waals surface area contributed by atoms with Crippen molar-refractivity contribution in [1.29, 1.82) is 0 Å². The highest BCUT2D eigenvalue weighted by atomic mass is 28.4. The van der Waals surface area contributed by atoms with Gasteiger partial charge in [0.05, 0.1) is 0 Å². The summed E-state index contributed by atoms with van der Waals surface area (Å²) in [5.41, 5.74) is 2.27. The van der Waals surface area contributed by atoms with Crippen LogP contribution >= 0.6 is 0 Å². The molecule has 1 aromatic carbocycles. The Labute approximate surface area is 117 Å². The molecule has 0 atom stereocenters. The summed E-state index contributed by atoms with van der Waals surface area (Å²) < 4.78 is 6.24. The molecule has 0 spiro atoms. The SMILES string of the molecule is Cc1cc(O[Si](C)(C)C(C)(C)C)cc(C)c1B(O)O. The van der Waals surface area contributed by atoms with E-state index in [9.17, 15) is 10.0 Å². The third kappa shape index (κ3) is 3.62. The van der Waals surface area contributed by atoms with Gasteiger partial charge in [-0.1, -0.05) is 20.8 Å². The smallest absolute Gasteiger partial charge is 0.488 e. The molecular weight excluding hydrogens is 255 g/mol. The molecule has 5 heteroatoms.